The van der Waals surface area contributed by atoms with Crippen LogP contribution in [-0.4, -0.2) is 11.7 Å². The second-order valence-electron chi connectivity index (χ2n) is 4.58. The van der Waals surface area contributed by atoms with Crippen LogP contribution in [0.3, 0.4) is 0 Å². The fourth-order valence-electron chi connectivity index (χ4n) is 2.71. The molecule has 3 nitrogen and oxygen atoms in total. The van der Waals surface area contributed by atoms with Gasteiger partial charge >= 0.3 is 0 Å². The third-order valence-corrected chi connectivity index (χ3v) is 3.61. The van der Waals surface area contributed by atoms with Crippen molar-refractivity contribution in [2.24, 2.45) is 0 Å². The second kappa shape index (κ2) is 4.02. The number of hydrogen-bond donors (Lipinski definition) is 0. The molecule has 0 N–H and O–H groups in total. The predicted octanol–water partition coefficient (Wildman–Crippen LogP) is 2.39. The maximum Gasteiger partial charge on any atom is 0.254 e. The van der Waals surface area contributed by atoms with Gasteiger partial charge in [-0.15, -0.1) is 0 Å². The van der Waals surface area contributed by atoms with Gasteiger partial charge < -0.3 is 9.30 Å². The maximum atomic E-state index is 12.1. The molecule has 0 saturated heterocycles. The number of ether oxygens (including phenoxy) is 1. The molecule has 0 spiro atoms. The topological polar surface area (TPSA) is 31.2 Å². The molecule has 0 radical (unpaired) electrons. The van der Waals surface area contributed by atoms with Crippen LogP contribution in [-0.2, 0) is 13.0 Å². The Morgan fingerprint density at radius 3 is 2.83 bits per heavy atom. The summed E-state index contributed by atoms with van der Waals surface area (Å²) in [4.78, 5) is 12.1. The third-order valence-electron chi connectivity index (χ3n) is 3.61. The highest BCUT2D eigenvalue weighted by molar-refractivity contribution is 5.70. The summed E-state index contributed by atoms with van der Waals surface area (Å²) in [5.74, 6) is 0.669. The molecular formula is C15H15NO2. The zero-order chi connectivity index (χ0) is 12.7. The van der Waals surface area contributed by atoms with Crippen LogP contribution in [0.4, 0.5) is 0 Å². The van der Waals surface area contributed by atoms with E-state index in [9.17, 15) is 4.79 Å². The van der Waals surface area contributed by atoms with Crippen molar-refractivity contribution in [3.63, 3.8) is 0 Å². The first kappa shape index (κ1) is 11.1. The van der Waals surface area contributed by atoms with Crippen molar-refractivity contribution in [1.82, 2.24) is 4.57 Å². The van der Waals surface area contributed by atoms with Gasteiger partial charge in [0.15, 0.2) is 0 Å². The summed E-state index contributed by atoms with van der Waals surface area (Å²) in [6.45, 7) is 2.75. The van der Waals surface area contributed by atoms with Crippen LogP contribution < -0.4 is 10.3 Å². The van der Waals surface area contributed by atoms with Crippen molar-refractivity contribution in [1.29, 1.82) is 0 Å². The number of methoxy groups -OCH3 is 1. The van der Waals surface area contributed by atoms with Gasteiger partial charge in [-0.05, 0) is 18.9 Å². The van der Waals surface area contributed by atoms with Crippen LogP contribution in [0.1, 0.15) is 11.1 Å². The molecule has 3 rings (SSSR count). The van der Waals surface area contributed by atoms with Gasteiger partial charge in [-0.2, -0.15) is 0 Å². The summed E-state index contributed by atoms with van der Waals surface area (Å²) >= 11 is 0. The van der Waals surface area contributed by atoms with Crippen molar-refractivity contribution in [3.8, 4) is 17.0 Å². The maximum absolute atomic E-state index is 12.1. The summed E-state index contributed by atoms with van der Waals surface area (Å²) in [6, 6.07) is 9.83. The average molecular weight is 241 g/mol. The van der Waals surface area contributed by atoms with E-state index in [1.54, 1.807) is 13.2 Å². The van der Waals surface area contributed by atoms with E-state index in [2.05, 4.69) is 12.1 Å². The normalized spacial score (nSPS) is 12.8. The molecule has 92 valence electrons. The largest absolute Gasteiger partial charge is 0.496 e. The molecule has 1 aromatic heterocycles. The van der Waals surface area contributed by atoms with E-state index in [-0.39, 0.29) is 5.56 Å². The molecule has 0 aliphatic carbocycles. The molecular weight excluding hydrogens is 226 g/mol. The van der Waals surface area contributed by atoms with E-state index < -0.39 is 0 Å². The molecule has 1 aliphatic heterocycles. The Balaban J connectivity index is 2.38. The number of fused-ring (bicyclic) bond motifs is 3. The minimum Gasteiger partial charge on any atom is -0.496 e. The molecule has 2 heterocycles. The summed E-state index contributed by atoms with van der Waals surface area (Å²) in [5, 5.41) is 0. The van der Waals surface area contributed by atoms with E-state index in [1.165, 1.54) is 5.56 Å². The molecule has 0 amide bonds. The quantitative estimate of drug-likeness (QED) is 0.767. The average Bonchev–Trinajstić information content (AvgIpc) is 2.41. The van der Waals surface area contributed by atoms with Gasteiger partial charge in [0.25, 0.3) is 5.56 Å². The lowest BCUT2D eigenvalue weighted by Crippen LogP contribution is -2.26. The molecule has 0 bridgehead atoms. The van der Waals surface area contributed by atoms with Gasteiger partial charge in [-0.25, -0.2) is 0 Å². The standard InChI is InChI=1S/C15H15NO2/c1-10-13(18-2)9-14(17)16-8-7-11-5-3-4-6-12(11)15(10)16/h3-6,9H,7-8H2,1-2H3. The first-order valence-corrected chi connectivity index (χ1v) is 6.09. The molecule has 1 aromatic carbocycles. The molecule has 0 unspecified atom stereocenters. The molecule has 3 heteroatoms. The Bertz CT molecular complexity index is 671. The highest BCUT2D eigenvalue weighted by Crippen LogP contribution is 2.33. The van der Waals surface area contributed by atoms with Crippen LogP contribution in [0, 0.1) is 6.92 Å². The summed E-state index contributed by atoms with van der Waals surface area (Å²) in [5.41, 5.74) is 4.50. The zero-order valence-corrected chi connectivity index (χ0v) is 10.6. The summed E-state index contributed by atoms with van der Waals surface area (Å²) in [6.07, 6.45) is 0.912. The minimum absolute atomic E-state index is 0.0157. The van der Waals surface area contributed by atoms with E-state index in [4.69, 9.17) is 4.74 Å². The molecule has 0 fully saturated rings. The van der Waals surface area contributed by atoms with Gasteiger partial charge in [0.1, 0.15) is 5.75 Å². The Kier molecular flexibility index (Phi) is 2.47. The number of aromatic nitrogens is 1. The molecule has 0 atom stereocenters. The zero-order valence-electron chi connectivity index (χ0n) is 10.6. The lowest BCUT2D eigenvalue weighted by Gasteiger charge is -2.24. The first-order valence-electron chi connectivity index (χ1n) is 6.09. The van der Waals surface area contributed by atoms with Crippen LogP contribution in [0.15, 0.2) is 35.1 Å². The SMILES string of the molecule is COc1cc(=O)n2c(c1C)-c1ccccc1CC2. The Labute approximate surface area is 106 Å². The van der Waals surface area contributed by atoms with Crippen LogP contribution in [0.25, 0.3) is 11.3 Å². The predicted molar refractivity (Wildman–Crippen MR) is 71.1 cm³/mol. The molecule has 18 heavy (non-hydrogen) atoms. The minimum atomic E-state index is 0.0157. The van der Waals surface area contributed by atoms with Crippen LogP contribution >= 0.6 is 0 Å². The highest BCUT2D eigenvalue weighted by Gasteiger charge is 2.20. The monoisotopic (exact) mass is 241 g/mol. The van der Waals surface area contributed by atoms with E-state index in [0.29, 0.717) is 5.75 Å². The van der Waals surface area contributed by atoms with Gasteiger partial charge in [0.05, 0.1) is 12.8 Å². The number of benzene rings is 1. The van der Waals surface area contributed by atoms with Crippen molar-refractivity contribution < 1.29 is 4.74 Å². The summed E-state index contributed by atoms with van der Waals surface area (Å²) in [7, 11) is 1.60. The fourth-order valence-corrected chi connectivity index (χ4v) is 2.71. The van der Waals surface area contributed by atoms with Gasteiger partial charge in [0.2, 0.25) is 0 Å². The molecule has 1 aliphatic rings. The van der Waals surface area contributed by atoms with Gasteiger partial charge in [-0.3, -0.25) is 4.79 Å². The van der Waals surface area contributed by atoms with Gasteiger partial charge in [-0.1, -0.05) is 24.3 Å². The molecule has 0 saturated carbocycles. The summed E-state index contributed by atoms with van der Waals surface area (Å²) < 4.78 is 7.14. The number of pyridine rings is 1. The highest BCUT2D eigenvalue weighted by atomic mass is 16.5. The van der Waals surface area contributed by atoms with E-state index in [1.807, 2.05) is 23.6 Å². The third kappa shape index (κ3) is 1.47. The van der Waals surface area contributed by atoms with Gasteiger partial charge in [0, 0.05) is 23.7 Å². The number of nitrogens with zero attached hydrogens (tertiary/aromatic N) is 1. The second-order valence-corrected chi connectivity index (χ2v) is 4.58. The Morgan fingerprint density at radius 2 is 2.06 bits per heavy atom. The lowest BCUT2D eigenvalue weighted by molar-refractivity contribution is 0.408. The Hall–Kier alpha value is -2.03. The van der Waals surface area contributed by atoms with Crippen molar-refractivity contribution >= 4 is 0 Å². The number of hydrogen-bond acceptors (Lipinski definition) is 2. The van der Waals surface area contributed by atoms with Crippen molar-refractivity contribution in [2.45, 2.75) is 19.9 Å². The Morgan fingerprint density at radius 1 is 1.28 bits per heavy atom. The first-order chi connectivity index (χ1) is 8.72. The van der Waals surface area contributed by atoms with E-state index in [0.717, 1.165) is 29.8 Å². The van der Waals surface area contributed by atoms with Crippen LogP contribution in [0.5, 0.6) is 5.75 Å². The van der Waals surface area contributed by atoms with Crippen LogP contribution in [0.2, 0.25) is 0 Å². The van der Waals surface area contributed by atoms with Crippen molar-refractivity contribution in [2.75, 3.05) is 7.11 Å². The van der Waals surface area contributed by atoms with E-state index >= 15 is 0 Å². The number of rotatable bonds is 1. The fraction of sp³-hybridized carbons (Fsp3) is 0.267. The lowest BCUT2D eigenvalue weighted by atomic mass is 9.94. The van der Waals surface area contributed by atoms with Crippen molar-refractivity contribution in [3.05, 3.63) is 51.8 Å². The number of aryl methyl sites for hydroxylation is 1. The molecule has 2 aromatic rings. The smallest absolute Gasteiger partial charge is 0.254 e.